The van der Waals surface area contributed by atoms with Gasteiger partial charge in [0.2, 0.25) is 0 Å². The summed E-state index contributed by atoms with van der Waals surface area (Å²) >= 11 is 0. The van der Waals surface area contributed by atoms with Crippen LogP contribution in [0.5, 0.6) is 23.0 Å². The van der Waals surface area contributed by atoms with Crippen LogP contribution in [0.25, 0.3) is 32.7 Å². The molecule has 51 heavy (non-hydrogen) atoms. The molecule has 1 aliphatic carbocycles. The van der Waals surface area contributed by atoms with Gasteiger partial charge in [-0.3, -0.25) is 0 Å². The highest BCUT2D eigenvalue weighted by molar-refractivity contribution is 6.10. The van der Waals surface area contributed by atoms with Crippen LogP contribution in [0.1, 0.15) is 54.8 Å². The highest BCUT2D eigenvalue weighted by Crippen LogP contribution is 2.49. The Balaban J connectivity index is 0.889. The smallest absolute Gasteiger partial charge is 0.343 e. The first-order valence-electron chi connectivity index (χ1n) is 17.8. The first kappa shape index (κ1) is 31.6. The summed E-state index contributed by atoms with van der Waals surface area (Å²) in [5.74, 6) is 2.59. The molecule has 7 nitrogen and oxygen atoms in total. The van der Waals surface area contributed by atoms with Crippen molar-refractivity contribution in [2.75, 3.05) is 6.61 Å². The molecule has 256 valence electrons. The van der Waals surface area contributed by atoms with Gasteiger partial charge in [-0.05, 0) is 107 Å². The van der Waals surface area contributed by atoms with Crippen LogP contribution in [-0.4, -0.2) is 31.1 Å². The molecule has 6 aromatic carbocycles. The van der Waals surface area contributed by atoms with E-state index >= 15 is 0 Å². The zero-order valence-corrected chi connectivity index (χ0v) is 28.3. The fourth-order valence-corrected chi connectivity index (χ4v) is 7.40. The molecule has 4 unspecified atom stereocenters. The summed E-state index contributed by atoms with van der Waals surface area (Å²) in [4.78, 5) is 13.1. The summed E-state index contributed by atoms with van der Waals surface area (Å²) in [6.07, 6.45) is 3.91. The molecule has 0 amide bonds. The van der Waals surface area contributed by atoms with Crippen molar-refractivity contribution in [3.63, 3.8) is 0 Å². The molecule has 1 saturated heterocycles. The topological polar surface area (TPSA) is 75.8 Å². The minimum Gasteiger partial charge on any atom is -0.465 e. The molecule has 0 radical (unpaired) electrons. The molecular formula is C44H38O7. The maximum atomic E-state index is 13.1. The second kappa shape index (κ2) is 13.4. The molecule has 0 N–H and O–H groups in total. The van der Waals surface area contributed by atoms with Gasteiger partial charge >= 0.3 is 5.97 Å². The first-order valence-corrected chi connectivity index (χ1v) is 17.8. The number of hydrogen-bond acceptors (Lipinski definition) is 7. The number of rotatable bonds is 9. The average molecular weight is 679 g/mol. The van der Waals surface area contributed by atoms with Crippen molar-refractivity contribution in [1.29, 1.82) is 0 Å². The van der Waals surface area contributed by atoms with Crippen molar-refractivity contribution in [1.82, 2.24) is 0 Å². The van der Waals surface area contributed by atoms with Gasteiger partial charge in [-0.2, -0.15) is 0 Å². The van der Waals surface area contributed by atoms with E-state index < -0.39 is 12.3 Å². The summed E-state index contributed by atoms with van der Waals surface area (Å²) in [7, 11) is 0. The Morgan fingerprint density at radius 3 is 1.96 bits per heavy atom. The third-order valence-electron chi connectivity index (χ3n) is 10.2. The van der Waals surface area contributed by atoms with Crippen molar-refractivity contribution in [3.8, 4) is 34.1 Å². The van der Waals surface area contributed by atoms with Gasteiger partial charge in [0.25, 0.3) is 6.29 Å². The van der Waals surface area contributed by atoms with Crippen molar-refractivity contribution in [2.45, 2.75) is 57.4 Å². The fourth-order valence-electron chi connectivity index (χ4n) is 7.40. The zero-order valence-electron chi connectivity index (χ0n) is 28.3. The number of ether oxygens (including phenoxy) is 6. The summed E-state index contributed by atoms with van der Waals surface area (Å²) in [5.41, 5.74) is 3.23. The van der Waals surface area contributed by atoms with Gasteiger partial charge in [0.05, 0.1) is 24.4 Å². The number of carbonyl (C=O) groups excluding carboxylic acids is 1. The van der Waals surface area contributed by atoms with Crippen LogP contribution in [0.4, 0.5) is 0 Å². The Labute approximate surface area is 296 Å². The molecule has 1 saturated carbocycles. The van der Waals surface area contributed by atoms with Crippen LogP contribution in [0, 0.1) is 5.92 Å². The van der Waals surface area contributed by atoms with Crippen molar-refractivity contribution >= 4 is 27.5 Å². The minimum absolute atomic E-state index is 0.346. The monoisotopic (exact) mass is 678 g/mol. The van der Waals surface area contributed by atoms with Gasteiger partial charge in [0.1, 0.15) is 23.0 Å². The second-order valence-corrected chi connectivity index (χ2v) is 13.6. The molecule has 9 rings (SSSR count). The third-order valence-corrected chi connectivity index (χ3v) is 10.2. The maximum absolute atomic E-state index is 13.1. The van der Waals surface area contributed by atoms with Gasteiger partial charge in [-0.15, -0.1) is 0 Å². The van der Waals surface area contributed by atoms with Crippen LogP contribution >= 0.6 is 0 Å². The van der Waals surface area contributed by atoms with E-state index in [-0.39, 0.29) is 6.29 Å². The van der Waals surface area contributed by atoms with E-state index in [1.165, 1.54) is 0 Å². The van der Waals surface area contributed by atoms with Crippen LogP contribution in [-0.2, 0) is 9.47 Å². The number of hydrogen-bond donors (Lipinski definition) is 0. The minimum atomic E-state index is -0.720. The SMILES string of the molecule is CCC(OCC1CCC2OC2C1)Oc1ccc(C(=O)Oc2ccc(C3Oc4ccc5ccccc5c4-c4c(ccc5ccccc45)O3)cc2)cc1. The molecule has 2 heterocycles. The van der Waals surface area contributed by atoms with Gasteiger partial charge in [0, 0.05) is 23.1 Å². The predicted molar refractivity (Wildman–Crippen MR) is 195 cm³/mol. The van der Waals surface area contributed by atoms with Crippen LogP contribution < -0.4 is 18.9 Å². The van der Waals surface area contributed by atoms with Gasteiger partial charge in [0.15, 0.2) is 6.29 Å². The molecule has 6 aromatic rings. The fraction of sp³-hybridized carbons (Fsp3) is 0.250. The number of epoxide rings is 1. The summed E-state index contributed by atoms with van der Waals surface area (Å²) < 4.78 is 36.8. The number of fused-ring (bicyclic) bond motifs is 8. The Morgan fingerprint density at radius 1 is 0.706 bits per heavy atom. The standard InChI is InChI=1S/C44H38O7/c1-2-40(46-26-27-11-22-36-39(25-27)49-36)47-32-18-12-30(13-19-32)43(45)48-33-20-14-31(15-21-33)44-50-37-23-16-28-7-3-5-9-34(28)41(37)42-35-10-6-4-8-29(35)17-24-38(42)51-44/h3-10,12-21,23-24,27,36,39-40,44H,2,11,22,25-26H2,1H3. The first-order chi connectivity index (χ1) is 25.1. The van der Waals surface area contributed by atoms with Crippen LogP contribution in [0.3, 0.4) is 0 Å². The lowest BCUT2D eigenvalue weighted by atomic mass is 9.90. The number of benzene rings is 6. The Hall–Kier alpha value is -5.37. The average Bonchev–Trinajstić information content (AvgIpc) is 3.98. The van der Waals surface area contributed by atoms with Crippen molar-refractivity contribution in [2.24, 2.45) is 5.92 Å². The van der Waals surface area contributed by atoms with Gasteiger partial charge in [-0.25, -0.2) is 4.79 Å². The molecule has 0 bridgehead atoms. The maximum Gasteiger partial charge on any atom is 0.343 e. The van der Waals surface area contributed by atoms with E-state index in [0.717, 1.165) is 75.4 Å². The van der Waals surface area contributed by atoms with Gasteiger partial charge in [-0.1, -0.05) is 67.6 Å². The van der Waals surface area contributed by atoms with Crippen molar-refractivity contribution < 1.29 is 33.2 Å². The lowest BCUT2D eigenvalue weighted by Gasteiger charge is -2.23. The summed E-state index contributed by atoms with van der Waals surface area (Å²) in [6.45, 7) is 2.71. The third kappa shape index (κ3) is 6.39. The normalized spacial score (nSPS) is 19.8. The zero-order chi connectivity index (χ0) is 34.3. The Bertz CT molecular complexity index is 2120. The molecule has 4 atom stereocenters. The number of carbonyl (C=O) groups is 1. The molecule has 3 aliphatic rings. The van der Waals surface area contributed by atoms with E-state index in [0.29, 0.717) is 41.8 Å². The van der Waals surface area contributed by atoms with Crippen LogP contribution in [0.15, 0.2) is 121 Å². The lowest BCUT2D eigenvalue weighted by Crippen LogP contribution is -2.25. The second-order valence-electron chi connectivity index (χ2n) is 13.6. The molecule has 0 spiro atoms. The van der Waals surface area contributed by atoms with Crippen molar-refractivity contribution in [3.05, 3.63) is 132 Å². The molecule has 2 aliphatic heterocycles. The quantitative estimate of drug-likeness (QED) is 0.0652. The van der Waals surface area contributed by atoms with Crippen LogP contribution in [0.2, 0.25) is 0 Å². The number of esters is 1. The predicted octanol–water partition coefficient (Wildman–Crippen LogP) is 10.0. The summed E-state index contributed by atoms with van der Waals surface area (Å²) in [6, 6.07) is 39.1. The van der Waals surface area contributed by atoms with E-state index in [2.05, 4.69) is 36.4 Å². The highest BCUT2D eigenvalue weighted by atomic mass is 16.7. The van der Waals surface area contributed by atoms with E-state index in [4.69, 9.17) is 28.4 Å². The van der Waals surface area contributed by atoms with E-state index in [1.54, 1.807) is 36.4 Å². The molecule has 7 heteroatoms. The van der Waals surface area contributed by atoms with Gasteiger partial charge < -0.3 is 28.4 Å². The Kier molecular flexibility index (Phi) is 8.30. The highest BCUT2D eigenvalue weighted by Gasteiger charge is 2.44. The Morgan fingerprint density at radius 2 is 1.33 bits per heavy atom. The van der Waals surface area contributed by atoms with E-state index in [1.807, 2.05) is 55.5 Å². The molecule has 2 fully saturated rings. The molecular weight excluding hydrogens is 640 g/mol. The summed E-state index contributed by atoms with van der Waals surface area (Å²) in [5, 5.41) is 4.45. The molecule has 0 aromatic heterocycles. The van der Waals surface area contributed by atoms with E-state index in [9.17, 15) is 4.79 Å². The largest absolute Gasteiger partial charge is 0.465 e. The lowest BCUT2D eigenvalue weighted by molar-refractivity contribution is -0.0952.